The average molecular weight is 908 g/mol. The van der Waals surface area contributed by atoms with E-state index in [1.165, 1.54) is 4.90 Å². The first kappa shape index (κ1) is 45.5. The van der Waals surface area contributed by atoms with Crippen molar-refractivity contribution in [2.75, 3.05) is 53.2 Å². The summed E-state index contributed by atoms with van der Waals surface area (Å²) in [6.07, 6.45) is 9.09. The number of anilines is 4. The number of β-amino-alcohol motifs (C(OH)–C–C–N with tert-alkyl or cyclic N) is 1. The molecule has 5 fully saturated rings. The lowest BCUT2D eigenvalue weighted by Crippen LogP contribution is -2.54. The van der Waals surface area contributed by atoms with Crippen molar-refractivity contribution in [1.29, 1.82) is 0 Å². The molecule has 4 N–H and O–H groups in total. The lowest BCUT2D eigenvalue weighted by Gasteiger charge is -2.43. The maximum atomic E-state index is 14.0. The number of aliphatic hydroxyl groups is 1. The number of carbonyl (C=O) groups is 2. The van der Waals surface area contributed by atoms with Crippen molar-refractivity contribution >= 4 is 34.9 Å². The fourth-order valence-electron chi connectivity index (χ4n) is 10.7. The molecular weight excluding hydrogens is 843 g/mol. The number of likely N-dealkylation sites (tertiary alicyclic amines) is 1. The number of aromatic nitrogens is 4. The number of nitrogen functional groups attached to an aromatic ring is 1. The van der Waals surface area contributed by atoms with E-state index in [4.69, 9.17) is 24.5 Å². The molecule has 4 aromatic rings. The highest BCUT2D eigenvalue weighted by atomic mass is 16.6. The number of nitrogens with zero attached hydrogens (tertiary/aromatic N) is 8. The van der Waals surface area contributed by atoms with Crippen LogP contribution < -0.4 is 25.2 Å². The predicted molar refractivity (Wildman–Crippen MR) is 248 cm³/mol. The fourth-order valence-corrected chi connectivity index (χ4v) is 10.7. The third-order valence-electron chi connectivity index (χ3n) is 13.9. The maximum Gasteiger partial charge on any atom is 0.329 e. The molecule has 1 amide bonds. The van der Waals surface area contributed by atoms with Crippen molar-refractivity contribution in [3.8, 4) is 22.9 Å². The van der Waals surface area contributed by atoms with Gasteiger partial charge in [-0.3, -0.25) is 4.79 Å². The van der Waals surface area contributed by atoms with Crippen LogP contribution in [-0.2, 0) is 19.1 Å². The van der Waals surface area contributed by atoms with Gasteiger partial charge in [-0.15, -0.1) is 10.2 Å². The van der Waals surface area contributed by atoms with Gasteiger partial charge in [0.15, 0.2) is 17.4 Å². The summed E-state index contributed by atoms with van der Waals surface area (Å²) in [5, 5.41) is 33.9. The van der Waals surface area contributed by atoms with E-state index in [1.54, 1.807) is 32.9 Å². The number of para-hydroxylation sites is 1. The van der Waals surface area contributed by atoms with Crippen LogP contribution in [0.3, 0.4) is 0 Å². The average Bonchev–Trinajstić information content (AvgIpc) is 4.00. The molecule has 0 radical (unpaired) electrons. The molecule has 2 bridgehead atoms. The van der Waals surface area contributed by atoms with Crippen molar-refractivity contribution < 1.29 is 38.5 Å². The van der Waals surface area contributed by atoms with Crippen molar-refractivity contribution in [2.24, 2.45) is 5.92 Å². The minimum atomic E-state index is -0.853. The van der Waals surface area contributed by atoms with Crippen molar-refractivity contribution in [3.05, 3.63) is 60.5 Å². The van der Waals surface area contributed by atoms with Crippen LogP contribution in [0, 0.1) is 5.92 Å². The zero-order valence-electron chi connectivity index (χ0n) is 38.8. The van der Waals surface area contributed by atoms with Crippen LogP contribution in [0.2, 0.25) is 0 Å². The number of phenolic OH excluding ortho intramolecular Hbond substituents is 1. The lowest BCUT2D eigenvalue weighted by atomic mass is 9.91. The van der Waals surface area contributed by atoms with Crippen molar-refractivity contribution in [1.82, 2.24) is 25.2 Å². The van der Waals surface area contributed by atoms with Gasteiger partial charge in [0.1, 0.15) is 29.4 Å². The number of hydrogen-bond acceptors (Lipinski definition) is 16. The third kappa shape index (κ3) is 9.87. The molecule has 17 nitrogen and oxygen atoms in total. The molecule has 7 heterocycles. The zero-order chi connectivity index (χ0) is 46.3. The van der Waals surface area contributed by atoms with Gasteiger partial charge in [0, 0.05) is 80.8 Å². The van der Waals surface area contributed by atoms with Crippen LogP contribution in [0.15, 0.2) is 59.3 Å². The molecule has 354 valence electrons. The minimum absolute atomic E-state index is 0.0657. The van der Waals surface area contributed by atoms with E-state index in [2.05, 4.69) is 47.2 Å². The topological polar surface area (TPSA) is 206 Å². The molecule has 1 aliphatic carbocycles. The Balaban J connectivity index is 0.740. The number of carbonyl (C=O) groups excluding carboxylic acids is 2. The standard InChI is InChI=1S/C49H65N9O8/c1-29(2)45(47(61)57-28-33(59)23-40(57)48(62)65-49(3,4)5)42-25-43(54-66-42)55-20-17-36(18-21-55)63-34-12-14-35(15-13-34)64-44-22-30(16-19-51-44)58-31-10-11-32(58)27-56(26-31)39-24-38(52-53-46(39)50)37-8-6-7-9-41(37)60/h6-9,16,19,22,24-25,29,31-36,40,45,59-60H,10-15,17-18,20-21,23,26-28H2,1-5H3,(H2,50,53)/t31?,32?,33-,34?,35?,40+,45?/m1/s1. The van der Waals surface area contributed by atoms with Crippen LogP contribution in [0.5, 0.6) is 11.6 Å². The summed E-state index contributed by atoms with van der Waals surface area (Å²) < 4.78 is 24.6. The largest absolute Gasteiger partial charge is 0.507 e. The molecule has 5 atom stereocenters. The summed E-state index contributed by atoms with van der Waals surface area (Å²) in [6.45, 7) is 12.4. The lowest BCUT2D eigenvalue weighted by molar-refractivity contribution is -0.163. The number of benzene rings is 1. The number of piperazine rings is 1. The number of amides is 1. The van der Waals surface area contributed by atoms with Gasteiger partial charge in [-0.1, -0.05) is 31.1 Å². The molecule has 4 aliphatic heterocycles. The van der Waals surface area contributed by atoms with Crippen LogP contribution in [0.4, 0.5) is 23.0 Å². The highest BCUT2D eigenvalue weighted by Gasteiger charge is 2.45. The summed E-state index contributed by atoms with van der Waals surface area (Å²) in [5.74, 6) is 0.750. The first-order chi connectivity index (χ1) is 31.7. The number of piperidine rings is 1. The van der Waals surface area contributed by atoms with Gasteiger partial charge in [-0.25, -0.2) is 9.78 Å². The molecule has 3 unspecified atom stereocenters. The highest BCUT2D eigenvalue weighted by molar-refractivity contribution is 5.89. The number of ether oxygens (including phenoxy) is 3. The monoisotopic (exact) mass is 907 g/mol. The summed E-state index contributed by atoms with van der Waals surface area (Å²) in [4.78, 5) is 40.1. The van der Waals surface area contributed by atoms with Gasteiger partial charge < -0.3 is 54.3 Å². The van der Waals surface area contributed by atoms with E-state index < -0.39 is 29.6 Å². The third-order valence-corrected chi connectivity index (χ3v) is 13.9. The van der Waals surface area contributed by atoms with Gasteiger partial charge >= 0.3 is 5.97 Å². The van der Waals surface area contributed by atoms with Gasteiger partial charge in [-0.05, 0) is 102 Å². The quantitative estimate of drug-likeness (QED) is 0.138. The highest BCUT2D eigenvalue weighted by Crippen LogP contribution is 2.40. The molecule has 5 aliphatic rings. The predicted octanol–water partition coefficient (Wildman–Crippen LogP) is 6.09. The molecule has 4 saturated heterocycles. The number of pyridine rings is 1. The second-order valence-electron chi connectivity index (χ2n) is 20.1. The van der Waals surface area contributed by atoms with E-state index in [0.29, 0.717) is 46.6 Å². The SMILES string of the molecule is CC(C)C(C(=O)N1C[C@H](O)C[C@H]1C(=O)OC(C)(C)C)c1cc(N2CCC(OC3CCC(Oc4cc(N5C6CCC5CN(c5cc(-c7ccccc7O)nnc5N)C6)ccn4)CC3)CC2)no1. The van der Waals surface area contributed by atoms with Gasteiger partial charge in [0.2, 0.25) is 11.8 Å². The van der Waals surface area contributed by atoms with Gasteiger partial charge in [0.05, 0.1) is 29.7 Å². The number of nitrogens with two attached hydrogens (primary N) is 1. The van der Waals surface area contributed by atoms with Gasteiger partial charge in [0.25, 0.3) is 0 Å². The Kier molecular flexibility index (Phi) is 13.0. The Morgan fingerprint density at radius 2 is 1.56 bits per heavy atom. The molecule has 1 saturated carbocycles. The number of fused-ring (bicyclic) bond motifs is 2. The maximum absolute atomic E-state index is 14.0. The van der Waals surface area contributed by atoms with E-state index in [-0.39, 0.29) is 48.9 Å². The second-order valence-corrected chi connectivity index (χ2v) is 20.1. The van der Waals surface area contributed by atoms with Crippen LogP contribution >= 0.6 is 0 Å². The number of hydrogen-bond donors (Lipinski definition) is 3. The second kappa shape index (κ2) is 18.9. The fraction of sp³-hybridized carbons (Fsp3) is 0.592. The first-order valence-electron chi connectivity index (χ1n) is 23.8. The Hall–Kier alpha value is -5.68. The van der Waals surface area contributed by atoms with Crippen molar-refractivity contribution in [2.45, 2.75) is 146 Å². The molecule has 17 heteroatoms. The van der Waals surface area contributed by atoms with E-state index >= 15 is 0 Å². The smallest absolute Gasteiger partial charge is 0.329 e. The first-order valence-corrected chi connectivity index (χ1v) is 23.8. The minimum Gasteiger partial charge on any atom is -0.507 e. The number of esters is 1. The Morgan fingerprint density at radius 1 is 0.864 bits per heavy atom. The van der Waals surface area contributed by atoms with Gasteiger partial charge in [-0.2, -0.15) is 0 Å². The van der Waals surface area contributed by atoms with E-state index in [9.17, 15) is 19.8 Å². The molecule has 9 rings (SSSR count). The number of aliphatic hydroxyl groups excluding tert-OH is 1. The number of rotatable bonds is 12. The summed E-state index contributed by atoms with van der Waals surface area (Å²) >= 11 is 0. The van der Waals surface area contributed by atoms with Crippen molar-refractivity contribution in [3.63, 3.8) is 0 Å². The number of aromatic hydroxyl groups is 1. The summed E-state index contributed by atoms with van der Waals surface area (Å²) in [6, 6.07) is 14.8. The molecule has 66 heavy (non-hydrogen) atoms. The Morgan fingerprint density at radius 3 is 2.26 bits per heavy atom. The van der Waals surface area contributed by atoms with Crippen LogP contribution in [0.1, 0.15) is 104 Å². The Bertz CT molecular complexity index is 2320. The van der Waals surface area contributed by atoms with Crippen LogP contribution in [-0.4, -0.2) is 128 Å². The van der Waals surface area contributed by atoms with Crippen LogP contribution in [0.25, 0.3) is 11.3 Å². The summed E-state index contributed by atoms with van der Waals surface area (Å²) in [7, 11) is 0. The van der Waals surface area contributed by atoms with E-state index in [1.807, 2.05) is 44.3 Å². The Labute approximate surface area is 386 Å². The molecule has 1 aromatic carbocycles. The number of phenols is 1. The zero-order valence-corrected chi connectivity index (χ0v) is 38.8. The normalized spacial score (nSPS) is 25.4. The molecule has 0 spiro atoms. The summed E-state index contributed by atoms with van der Waals surface area (Å²) in [5.41, 5.74) is 8.86. The molecular formula is C49H65N9O8. The molecule has 3 aromatic heterocycles. The van der Waals surface area contributed by atoms with E-state index in [0.717, 1.165) is 88.9 Å².